The molecule has 0 saturated carbocycles. The van der Waals surface area contributed by atoms with Crippen LogP contribution in [0.2, 0.25) is 0 Å². The molecule has 0 rings (SSSR count). The third-order valence-corrected chi connectivity index (χ3v) is 1.99. The molecular weight excluding hydrogens is 183 g/mol. The van der Waals surface area contributed by atoms with Gasteiger partial charge in [-0.15, -0.1) is 0 Å². The Labute approximate surface area is 76.3 Å². The van der Waals surface area contributed by atoms with Gasteiger partial charge in [0.1, 0.15) is 0 Å². The van der Waals surface area contributed by atoms with Crippen LogP contribution in [0.3, 0.4) is 0 Å². The van der Waals surface area contributed by atoms with Crippen LogP contribution in [-0.2, 0) is 0 Å². The summed E-state index contributed by atoms with van der Waals surface area (Å²) in [5.41, 5.74) is 0. The monoisotopic (exact) mass is 199 g/mol. The Morgan fingerprint density at radius 3 is 2.00 bits per heavy atom. The molecule has 0 heterocycles. The summed E-state index contributed by atoms with van der Waals surface area (Å²) in [5.74, 6) is 0. The van der Waals surface area contributed by atoms with Gasteiger partial charge in [-0.05, 0) is 19.5 Å². The Morgan fingerprint density at radius 2 is 1.69 bits per heavy atom. The van der Waals surface area contributed by atoms with E-state index in [2.05, 4.69) is 0 Å². The highest BCUT2D eigenvalue weighted by molar-refractivity contribution is 4.67. The summed E-state index contributed by atoms with van der Waals surface area (Å²) >= 11 is 0. The first-order valence-corrected chi connectivity index (χ1v) is 4.38. The zero-order valence-electron chi connectivity index (χ0n) is 7.93. The number of nitrogens with zero attached hydrogens (tertiary/aromatic N) is 1. The van der Waals surface area contributed by atoms with E-state index in [4.69, 9.17) is 5.11 Å². The molecule has 1 atom stereocenters. The molecule has 2 nitrogen and oxygen atoms in total. The summed E-state index contributed by atoms with van der Waals surface area (Å²) in [7, 11) is 0. The zero-order valence-corrected chi connectivity index (χ0v) is 7.93. The molecule has 0 spiro atoms. The van der Waals surface area contributed by atoms with Crippen molar-refractivity contribution in [2.75, 3.05) is 19.6 Å². The van der Waals surface area contributed by atoms with Crippen LogP contribution in [0.1, 0.15) is 20.3 Å². The van der Waals surface area contributed by atoms with Crippen LogP contribution in [0.25, 0.3) is 0 Å². The highest BCUT2D eigenvalue weighted by atomic mass is 19.4. The minimum Gasteiger partial charge on any atom is -0.384 e. The Bertz CT molecular complexity index is 134. The maximum absolute atomic E-state index is 11.8. The van der Waals surface area contributed by atoms with E-state index >= 15 is 0 Å². The van der Waals surface area contributed by atoms with Crippen molar-refractivity contribution in [2.45, 2.75) is 32.5 Å². The molecule has 0 aromatic carbocycles. The van der Waals surface area contributed by atoms with E-state index in [1.807, 2.05) is 18.7 Å². The summed E-state index contributed by atoms with van der Waals surface area (Å²) in [6.07, 6.45) is -6.91. The number of hydrogen-bond acceptors (Lipinski definition) is 2. The van der Waals surface area contributed by atoms with E-state index in [0.29, 0.717) is 13.1 Å². The van der Waals surface area contributed by atoms with Crippen molar-refractivity contribution in [3.05, 3.63) is 0 Å². The fraction of sp³-hybridized carbons (Fsp3) is 1.00. The van der Waals surface area contributed by atoms with Crippen molar-refractivity contribution in [1.82, 2.24) is 4.90 Å². The Kier molecular flexibility index (Phi) is 5.32. The second kappa shape index (κ2) is 5.44. The zero-order chi connectivity index (χ0) is 10.5. The van der Waals surface area contributed by atoms with Crippen molar-refractivity contribution in [2.24, 2.45) is 0 Å². The highest BCUT2D eigenvalue weighted by Crippen LogP contribution is 2.22. The highest BCUT2D eigenvalue weighted by Gasteiger charge is 2.37. The summed E-state index contributed by atoms with van der Waals surface area (Å²) in [4.78, 5) is 1.84. The average Bonchev–Trinajstić information content (AvgIpc) is 2.04. The maximum atomic E-state index is 11.8. The fourth-order valence-electron chi connectivity index (χ4n) is 1.01. The minimum absolute atomic E-state index is 0.245. The van der Waals surface area contributed by atoms with E-state index < -0.39 is 12.3 Å². The lowest BCUT2D eigenvalue weighted by Crippen LogP contribution is -2.34. The largest absolute Gasteiger partial charge is 0.414 e. The maximum Gasteiger partial charge on any atom is 0.414 e. The standard InChI is InChI=1S/C8H16F3NO/c1-3-12(4-2)6-5-7(13)8(9,10)11/h7,13H,3-6H2,1-2H3. The predicted octanol–water partition coefficient (Wildman–Crippen LogP) is 1.64. The number of aliphatic hydroxyl groups excluding tert-OH is 1. The molecular formula is C8H16F3NO. The van der Waals surface area contributed by atoms with Crippen LogP contribution in [0, 0.1) is 0 Å². The van der Waals surface area contributed by atoms with Gasteiger partial charge in [0.2, 0.25) is 0 Å². The Balaban J connectivity index is 3.75. The fourth-order valence-corrected chi connectivity index (χ4v) is 1.01. The van der Waals surface area contributed by atoms with Crippen molar-refractivity contribution in [3.8, 4) is 0 Å². The molecule has 13 heavy (non-hydrogen) atoms. The summed E-state index contributed by atoms with van der Waals surface area (Å²) in [6, 6.07) is 0. The third-order valence-electron chi connectivity index (χ3n) is 1.99. The van der Waals surface area contributed by atoms with Crippen LogP contribution in [0.5, 0.6) is 0 Å². The van der Waals surface area contributed by atoms with Gasteiger partial charge in [0.25, 0.3) is 0 Å². The summed E-state index contributed by atoms with van der Waals surface area (Å²) in [6.45, 7) is 5.46. The molecule has 0 aliphatic heterocycles. The number of aliphatic hydroxyl groups is 1. The van der Waals surface area contributed by atoms with Gasteiger partial charge in [0.15, 0.2) is 6.10 Å². The van der Waals surface area contributed by atoms with Crippen LogP contribution in [0.4, 0.5) is 13.2 Å². The van der Waals surface area contributed by atoms with Crippen molar-refractivity contribution >= 4 is 0 Å². The quantitative estimate of drug-likeness (QED) is 0.727. The molecule has 0 aliphatic carbocycles. The molecule has 0 aromatic rings. The molecule has 0 amide bonds. The molecule has 0 fully saturated rings. The first kappa shape index (κ1) is 12.7. The van der Waals surface area contributed by atoms with Crippen molar-refractivity contribution in [1.29, 1.82) is 0 Å². The molecule has 5 heteroatoms. The van der Waals surface area contributed by atoms with E-state index in [0.717, 1.165) is 0 Å². The van der Waals surface area contributed by atoms with E-state index in [1.165, 1.54) is 0 Å². The Hall–Kier alpha value is -0.290. The second-order valence-corrected chi connectivity index (χ2v) is 2.87. The first-order chi connectivity index (χ1) is 5.91. The minimum atomic E-state index is -4.48. The molecule has 0 bridgehead atoms. The lowest BCUT2D eigenvalue weighted by molar-refractivity contribution is -0.206. The van der Waals surface area contributed by atoms with Crippen LogP contribution in [0.15, 0.2) is 0 Å². The number of hydrogen-bond donors (Lipinski definition) is 1. The topological polar surface area (TPSA) is 23.5 Å². The van der Waals surface area contributed by atoms with Crippen LogP contribution in [-0.4, -0.2) is 41.9 Å². The molecule has 0 radical (unpaired) electrons. The van der Waals surface area contributed by atoms with Gasteiger partial charge in [-0.25, -0.2) is 0 Å². The second-order valence-electron chi connectivity index (χ2n) is 2.87. The van der Waals surface area contributed by atoms with Gasteiger partial charge >= 0.3 is 6.18 Å². The SMILES string of the molecule is CCN(CC)CCC(O)C(F)(F)F. The van der Waals surface area contributed by atoms with Crippen molar-refractivity contribution in [3.63, 3.8) is 0 Å². The van der Waals surface area contributed by atoms with Crippen molar-refractivity contribution < 1.29 is 18.3 Å². The summed E-state index contributed by atoms with van der Waals surface area (Å²) < 4.78 is 35.5. The molecule has 80 valence electrons. The lowest BCUT2D eigenvalue weighted by atomic mass is 10.2. The molecule has 0 saturated heterocycles. The van der Waals surface area contributed by atoms with Crippen LogP contribution < -0.4 is 0 Å². The first-order valence-electron chi connectivity index (χ1n) is 4.38. The normalized spacial score (nSPS) is 15.0. The third kappa shape index (κ3) is 5.10. The van der Waals surface area contributed by atoms with E-state index in [-0.39, 0.29) is 13.0 Å². The summed E-state index contributed by atoms with van der Waals surface area (Å²) in [5, 5.41) is 8.67. The molecule has 0 aliphatic rings. The lowest BCUT2D eigenvalue weighted by Gasteiger charge is -2.21. The van der Waals surface area contributed by atoms with Gasteiger partial charge in [0, 0.05) is 6.54 Å². The van der Waals surface area contributed by atoms with Gasteiger partial charge < -0.3 is 10.0 Å². The predicted molar refractivity (Wildman–Crippen MR) is 44.5 cm³/mol. The molecule has 1 N–H and O–H groups in total. The van der Waals surface area contributed by atoms with Gasteiger partial charge in [-0.1, -0.05) is 13.8 Å². The van der Waals surface area contributed by atoms with Gasteiger partial charge in [-0.3, -0.25) is 0 Å². The molecule has 1 unspecified atom stereocenters. The average molecular weight is 199 g/mol. The number of rotatable bonds is 5. The van der Waals surface area contributed by atoms with E-state index in [9.17, 15) is 13.2 Å². The van der Waals surface area contributed by atoms with Gasteiger partial charge in [0.05, 0.1) is 0 Å². The van der Waals surface area contributed by atoms with Gasteiger partial charge in [-0.2, -0.15) is 13.2 Å². The van der Waals surface area contributed by atoms with Crippen LogP contribution >= 0.6 is 0 Å². The smallest absolute Gasteiger partial charge is 0.384 e. The Morgan fingerprint density at radius 1 is 1.23 bits per heavy atom. The number of halogens is 3. The number of alkyl halides is 3. The van der Waals surface area contributed by atoms with E-state index in [1.54, 1.807) is 0 Å². The molecule has 0 aromatic heterocycles.